The summed E-state index contributed by atoms with van der Waals surface area (Å²) in [7, 11) is 1.65. The number of ether oxygens (including phenoxy) is 2. The quantitative estimate of drug-likeness (QED) is 0.422. The van der Waals surface area contributed by atoms with Gasteiger partial charge in [-0.1, -0.05) is 0 Å². The van der Waals surface area contributed by atoms with Crippen molar-refractivity contribution in [3.8, 4) is 0 Å². The first-order chi connectivity index (χ1) is 5.26. The Kier molecular flexibility index (Phi) is 6.45. The average Bonchev–Trinajstić information content (AvgIpc) is 2.05. The third-order valence-electron chi connectivity index (χ3n) is 1.65. The largest absolute Gasteiger partial charge is 0.380 e. The van der Waals surface area contributed by atoms with E-state index in [1.54, 1.807) is 7.11 Å². The van der Waals surface area contributed by atoms with Crippen molar-refractivity contribution in [3.05, 3.63) is 0 Å². The van der Waals surface area contributed by atoms with Crippen LogP contribution in [-0.2, 0) is 9.47 Å². The van der Waals surface area contributed by atoms with Crippen LogP contribution in [0, 0.1) is 0 Å². The Balaban J connectivity index is 3.56. The topological polar surface area (TPSA) is 56.5 Å². The monoisotopic (exact) mass is 162 g/mol. The van der Waals surface area contributed by atoms with Crippen molar-refractivity contribution < 1.29 is 9.47 Å². The Morgan fingerprint density at radius 2 is 2.18 bits per heavy atom. The number of nitrogens with two attached hydrogens (primary N) is 1. The third-order valence-corrected chi connectivity index (χ3v) is 1.65. The summed E-state index contributed by atoms with van der Waals surface area (Å²) >= 11 is 0. The van der Waals surface area contributed by atoms with E-state index in [4.69, 9.17) is 15.3 Å². The highest BCUT2D eigenvalue weighted by molar-refractivity contribution is 4.69. The van der Waals surface area contributed by atoms with Crippen LogP contribution in [0.25, 0.3) is 0 Å². The number of rotatable bonds is 6. The first kappa shape index (κ1) is 10.8. The molecule has 0 aliphatic rings. The van der Waals surface area contributed by atoms with Gasteiger partial charge >= 0.3 is 0 Å². The molecule has 0 rings (SSSR count). The first-order valence-electron chi connectivity index (χ1n) is 3.82. The summed E-state index contributed by atoms with van der Waals surface area (Å²) in [5.41, 5.74) is 2.64. The van der Waals surface area contributed by atoms with Crippen LogP contribution in [-0.4, -0.2) is 32.5 Å². The fraction of sp³-hybridized carbons (Fsp3) is 1.00. The van der Waals surface area contributed by atoms with Gasteiger partial charge in [-0.2, -0.15) is 0 Å². The molecular formula is C7H18N2O2. The van der Waals surface area contributed by atoms with Gasteiger partial charge in [0.05, 0.1) is 18.8 Å². The lowest BCUT2D eigenvalue weighted by molar-refractivity contribution is 0.0341. The van der Waals surface area contributed by atoms with Gasteiger partial charge in [0.15, 0.2) is 0 Å². The van der Waals surface area contributed by atoms with E-state index in [0.29, 0.717) is 13.2 Å². The Labute approximate surface area is 68.0 Å². The number of methoxy groups -OCH3 is 1. The second-order valence-electron chi connectivity index (χ2n) is 2.37. The summed E-state index contributed by atoms with van der Waals surface area (Å²) in [6.07, 6.45) is 0.0755. The molecule has 0 aliphatic heterocycles. The van der Waals surface area contributed by atoms with E-state index in [2.05, 4.69) is 5.43 Å². The summed E-state index contributed by atoms with van der Waals surface area (Å²) in [5.74, 6) is 5.28. The molecule has 0 heterocycles. The predicted octanol–water partition coefficient (Wildman–Crippen LogP) is -0.110. The maximum Gasteiger partial charge on any atom is 0.0732 e. The van der Waals surface area contributed by atoms with Crippen molar-refractivity contribution in [2.75, 3.05) is 20.3 Å². The van der Waals surface area contributed by atoms with Crippen molar-refractivity contribution >= 4 is 0 Å². The first-order valence-corrected chi connectivity index (χ1v) is 3.82. The van der Waals surface area contributed by atoms with Crippen LogP contribution in [0.3, 0.4) is 0 Å². The molecule has 0 aliphatic carbocycles. The van der Waals surface area contributed by atoms with Crippen LogP contribution in [0.15, 0.2) is 0 Å². The van der Waals surface area contributed by atoms with Crippen molar-refractivity contribution in [1.82, 2.24) is 5.43 Å². The lowest BCUT2D eigenvalue weighted by atomic mass is 10.2. The van der Waals surface area contributed by atoms with Crippen LogP contribution < -0.4 is 11.3 Å². The van der Waals surface area contributed by atoms with Crippen LogP contribution in [0.5, 0.6) is 0 Å². The molecule has 2 unspecified atom stereocenters. The molecule has 0 radical (unpaired) electrons. The Morgan fingerprint density at radius 1 is 1.55 bits per heavy atom. The molecule has 0 saturated heterocycles. The van der Waals surface area contributed by atoms with Gasteiger partial charge in [0.2, 0.25) is 0 Å². The normalized spacial score (nSPS) is 16.4. The molecule has 0 amide bonds. The Morgan fingerprint density at radius 3 is 2.55 bits per heavy atom. The predicted molar refractivity (Wildman–Crippen MR) is 44.1 cm³/mol. The zero-order valence-electron chi connectivity index (χ0n) is 7.46. The minimum Gasteiger partial charge on any atom is -0.380 e. The van der Waals surface area contributed by atoms with E-state index >= 15 is 0 Å². The Bertz CT molecular complexity index is 90.5. The molecule has 4 heteroatoms. The molecule has 0 saturated carbocycles. The smallest absolute Gasteiger partial charge is 0.0732 e. The lowest BCUT2D eigenvalue weighted by Gasteiger charge is -2.21. The molecule has 0 aromatic carbocycles. The highest BCUT2D eigenvalue weighted by Gasteiger charge is 2.14. The Hall–Kier alpha value is -0.160. The number of hydrogen-bond donors (Lipinski definition) is 2. The van der Waals surface area contributed by atoms with Crippen molar-refractivity contribution in [2.24, 2.45) is 5.84 Å². The summed E-state index contributed by atoms with van der Waals surface area (Å²) in [5, 5.41) is 0. The molecule has 0 bridgehead atoms. The number of hydrogen-bond acceptors (Lipinski definition) is 4. The van der Waals surface area contributed by atoms with E-state index in [1.807, 2.05) is 13.8 Å². The lowest BCUT2D eigenvalue weighted by Crippen LogP contribution is -2.46. The molecule has 4 nitrogen and oxygen atoms in total. The van der Waals surface area contributed by atoms with Gasteiger partial charge in [-0.15, -0.1) is 0 Å². The van der Waals surface area contributed by atoms with E-state index in [0.717, 1.165) is 0 Å². The van der Waals surface area contributed by atoms with E-state index in [-0.39, 0.29) is 12.1 Å². The summed E-state index contributed by atoms with van der Waals surface area (Å²) < 4.78 is 10.3. The fourth-order valence-electron chi connectivity index (χ4n) is 0.728. The zero-order chi connectivity index (χ0) is 8.69. The van der Waals surface area contributed by atoms with Gasteiger partial charge < -0.3 is 9.47 Å². The highest BCUT2D eigenvalue weighted by Crippen LogP contribution is 1.96. The molecule has 0 spiro atoms. The van der Waals surface area contributed by atoms with Crippen molar-refractivity contribution in [3.63, 3.8) is 0 Å². The highest BCUT2D eigenvalue weighted by atomic mass is 16.5. The molecule has 68 valence electrons. The number of nitrogens with one attached hydrogen (secondary N) is 1. The minimum atomic E-state index is 0.0694. The van der Waals surface area contributed by atoms with Gasteiger partial charge in [-0.3, -0.25) is 11.3 Å². The van der Waals surface area contributed by atoms with Gasteiger partial charge in [-0.05, 0) is 13.8 Å². The number of hydrazine groups is 1. The fourth-order valence-corrected chi connectivity index (χ4v) is 0.728. The van der Waals surface area contributed by atoms with Crippen LogP contribution in [0.2, 0.25) is 0 Å². The second-order valence-corrected chi connectivity index (χ2v) is 2.37. The van der Waals surface area contributed by atoms with Gasteiger partial charge in [0.25, 0.3) is 0 Å². The molecule has 2 atom stereocenters. The SMILES string of the molecule is CCOCC(NN)C(C)OC. The average molecular weight is 162 g/mol. The standard InChI is InChI=1S/C7H18N2O2/c1-4-11-5-7(9-8)6(2)10-3/h6-7,9H,4-5,8H2,1-3H3. The van der Waals surface area contributed by atoms with Crippen molar-refractivity contribution in [2.45, 2.75) is 26.0 Å². The van der Waals surface area contributed by atoms with E-state index < -0.39 is 0 Å². The van der Waals surface area contributed by atoms with E-state index in [1.165, 1.54) is 0 Å². The van der Waals surface area contributed by atoms with Crippen LogP contribution >= 0.6 is 0 Å². The van der Waals surface area contributed by atoms with Gasteiger partial charge in [0.1, 0.15) is 0 Å². The van der Waals surface area contributed by atoms with Crippen LogP contribution in [0.1, 0.15) is 13.8 Å². The molecule has 0 aromatic heterocycles. The summed E-state index contributed by atoms with van der Waals surface area (Å²) in [6.45, 7) is 5.19. The molecule has 3 N–H and O–H groups in total. The molecular weight excluding hydrogens is 144 g/mol. The van der Waals surface area contributed by atoms with E-state index in [9.17, 15) is 0 Å². The van der Waals surface area contributed by atoms with Gasteiger partial charge in [-0.25, -0.2) is 0 Å². The summed E-state index contributed by atoms with van der Waals surface area (Å²) in [4.78, 5) is 0. The van der Waals surface area contributed by atoms with Gasteiger partial charge in [0, 0.05) is 13.7 Å². The zero-order valence-corrected chi connectivity index (χ0v) is 7.46. The minimum absolute atomic E-state index is 0.0694. The maximum absolute atomic E-state index is 5.28. The second kappa shape index (κ2) is 6.54. The third kappa shape index (κ3) is 4.31. The summed E-state index contributed by atoms with van der Waals surface area (Å²) in [6, 6.07) is 0.0694. The van der Waals surface area contributed by atoms with Crippen molar-refractivity contribution in [1.29, 1.82) is 0 Å². The molecule has 11 heavy (non-hydrogen) atoms. The van der Waals surface area contributed by atoms with Crippen LogP contribution in [0.4, 0.5) is 0 Å². The molecule has 0 aromatic rings. The maximum atomic E-state index is 5.28. The molecule has 0 fully saturated rings.